The van der Waals surface area contributed by atoms with Crippen molar-refractivity contribution in [3.63, 3.8) is 0 Å². The Kier molecular flexibility index (Phi) is 5.71. The third kappa shape index (κ3) is 3.05. The van der Waals surface area contributed by atoms with Crippen LogP contribution in [0.3, 0.4) is 0 Å². The molecule has 0 amide bonds. The number of carbonyl (C=O) groups excluding carboxylic acids is 3. The van der Waals surface area contributed by atoms with E-state index in [0.717, 1.165) is 7.11 Å². The largest absolute Gasteiger partial charge is 0.468 e. The highest BCUT2D eigenvalue weighted by molar-refractivity contribution is 6.36. The summed E-state index contributed by atoms with van der Waals surface area (Å²) in [4.78, 5) is 40.5. The van der Waals surface area contributed by atoms with Crippen molar-refractivity contribution in [2.24, 2.45) is 7.05 Å². The maximum absolute atomic E-state index is 15.6. The lowest BCUT2D eigenvalue weighted by Crippen LogP contribution is -2.43. The molecule has 0 N–H and O–H groups in total. The van der Waals surface area contributed by atoms with Gasteiger partial charge in [0, 0.05) is 29.6 Å². The van der Waals surface area contributed by atoms with E-state index in [1.54, 1.807) is 72.3 Å². The minimum absolute atomic E-state index is 0.213. The fourth-order valence-corrected chi connectivity index (χ4v) is 5.93. The van der Waals surface area contributed by atoms with E-state index in [-0.39, 0.29) is 5.39 Å². The van der Waals surface area contributed by atoms with Crippen LogP contribution in [0.2, 0.25) is 0 Å². The molecule has 0 radical (unpaired) electrons. The number of halogens is 1. The summed E-state index contributed by atoms with van der Waals surface area (Å²) in [5.41, 5.74) is 0.750. The first-order valence-electron chi connectivity index (χ1n) is 11.5. The van der Waals surface area contributed by atoms with Crippen molar-refractivity contribution < 1.29 is 28.2 Å². The van der Waals surface area contributed by atoms with Crippen molar-refractivity contribution in [1.82, 2.24) is 4.57 Å². The van der Waals surface area contributed by atoms with Crippen LogP contribution in [0.25, 0.3) is 10.9 Å². The molecule has 0 unspecified atom stereocenters. The summed E-state index contributed by atoms with van der Waals surface area (Å²) >= 11 is 0. The van der Waals surface area contributed by atoms with Gasteiger partial charge in [0.05, 0.1) is 25.7 Å². The highest BCUT2D eigenvalue weighted by Crippen LogP contribution is 2.62. The van der Waals surface area contributed by atoms with Gasteiger partial charge in [-0.1, -0.05) is 66.7 Å². The average Bonchev–Trinajstić information content (AvgIpc) is 3.40. The highest BCUT2D eigenvalue weighted by atomic mass is 19.1. The smallest absolute Gasteiger partial charge is 0.375 e. The molecule has 1 aromatic heterocycles. The summed E-state index contributed by atoms with van der Waals surface area (Å²) in [6, 6.07) is 22.5. The third-order valence-electron chi connectivity index (χ3n) is 7.27. The van der Waals surface area contributed by atoms with E-state index in [0.29, 0.717) is 27.9 Å². The number of Topliss-reactive ketones (excluding diaryl/α,β-unsaturated/α-hetero) is 1. The van der Waals surface area contributed by atoms with E-state index in [1.165, 1.54) is 13.2 Å². The molecule has 1 heterocycles. The molecule has 0 aliphatic heterocycles. The van der Waals surface area contributed by atoms with Gasteiger partial charge in [-0.2, -0.15) is 0 Å². The Morgan fingerprint density at radius 2 is 1.50 bits per heavy atom. The first-order valence-corrected chi connectivity index (χ1v) is 11.5. The van der Waals surface area contributed by atoms with Gasteiger partial charge in [-0.25, -0.2) is 9.18 Å². The maximum Gasteiger partial charge on any atom is 0.375 e. The molecule has 0 saturated carbocycles. The van der Waals surface area contributed by atoms with Gasteiger partial charge in [-0.15, -0.1) is 0 Å². The minimum Gasteiger partial charge on any atom is -0.468 e. The molecular weight excluding hydrogens is 461 g/mol. The van der Waals surface area contributed by atoms with Gasteiger partial charge in [0.15, 0.2) is 0 Å². The average molecular weight is 486 g/mol. The SMILES string of the molecule is COC(=O)C(=O)[C@H]1c2c(c3c(F)cccc3n2C)[C@@](C(=O)OC)(c2ccccc2)[C@@H]1c1ccccc1. The molecule has 5 rings (SSSR count). The Bertz CT molecular complexity index is 1490. The van der Waals surface area contributed by atoms with Crippen molar-refractivity contribution in [2.75, 3.05) is 14.2 Å². The molecular formula is C29H24FNO5. The number of rotatable bonds is 5. The van der Waals surface area contributed by atoms with Crippen LogP contribution in [0.1, 0.15) is 34.2 Å². The van der Waals surface area contributed by atoms with Gasteiger partial charge in [0.25, 0.3) is 0 Å². The monoisotopic (exact) mass is 485 g/mol. The molecule has 7 heteroatoms. The van der Waals surface area contributed by atoms with Gasteiger partial charge in [-0.3, -0.25) is 9.59 Å². The first-order chi connectivity index (χ1) is 17.4. The summed E-state index contributed by atoms with van der Waals surface area (Å²) in [7, 11) is 4.11. The fraction of sp³-hybridized carbons (Fsp3) is 0.207. The number of methoxy groups -OCH3 is 2. The predicted octanol–water partition coefficient (Wildman–Crippen LogP) is 4.40. The topological polar surface area (TPSA) is 74.6 Å². The molecule has 1 aliphatic carbocycles. The molecule has 0 saturated heterocycles. The number of hydrogen-bond donors (Lipinski definition) is 0. The maximum atomic E-state index is 15.6. The standard InChI is InChI=1S/C29H24FNO5/c1-31-20-16-10-15-19(30)21(20)24-25(31)22(26(32)27(33)35-2)23(17-11-6-4-7-12-17)29(24,28(34)36-3)18-13-8-5-9-14-18/h4-16,22-23H,1-3H3/t22-,23-,29-/m1/s1. The fourth-order valence-electron chi connectivity index (χ4n) is 5.93. The summed E-state index contributed by atoms with van der Waals surface area (Å²) < 4.78 is 27.6. The summed E-state index contributed by atoms with van der Waals surface area (Å²) in [6.45, 7) is 0. The number of aryl methyl sites for hydroxylation is 1. The zero-order valence-corrected chi connectivity index (χ0v) is 20.0. The molecule has 0 fully saturated rings. The second-order valence-electron chi connectivity index (χ2n) is 8.84. The van der Waals surface area contributed by atoms with Gasteiger partial charge in [0.2, 0.25) is 5.78 Å². The summed E-state index contributed by atoms with van der Waals surface area (Å²) in [5, 5.41) is 0.213. The van der Waals surface area contributed by atoms with Crippen molar-refractivity contribution in [2.45, 2.75) is 17.3 Å². The molecule has 36 heavy (non-hydrogen) atoms. The molecule has 6 nitrogen and oxygen atoms in total. The van der Waals surface area contributed by atoms with E-state index < -0.39 is 40.8 Å². The number of hydrogen-bond acceptors (Lipinski definition) is 5. The van der Waals surface area contributed by atoms with E-state index in [1.807, 2.05) is 12.1 Å². The Morgan fingerprint density at radius 1 is 0.861 bits per heavy atom. The Hall–Kier alpha value is -4.26. The number of esters is 2. The number of aromatic nitrogens is 1. The normalized spacial score (nSPS) is 20.7. The first kappa shape index (κ1) is 23.5. The van der Waals surface area contributed by atoms with Crippen LogP contribution in [0.4, 0.5) is 4.39 Å². The molecule has 3 aromatic carbocycles. The minimum atomic E-state index is -1.62. The van der Waals surface area contributed by atoms with Crippen molar-refractivity contribution in [3.05, 3.63) is 107 Å². The molecule has 0 bridgehead atoms. The highest BCUT2D eigenvalue weighted by Gasteiger charge is 2.64. The number of ether oxygens (including phenoxy) is 2. The van der Waals surface area contributed by atoms with E-state index in [4.69, 9.17) is 9.47 Å². The second-order valence-corrected chi connectivity index (χ2v) is 8.84. The van der Waals surface area contributed by atoms with Crippen LogP contribution in [0.5, 0.6) is 0 Å². The van der Waals surface area contributed by atoms with Crippen LogP contribution in [-0.4, -0.2) is 36.5 Å². The van der Waals surface area contributed by atoms with Crippen LogP contribution in [0.15, 0.2) is 78.9 Å². The van der Waals surface area contributed by atoms with Crippen LogP contribution in [-0.2, 0) is 36.3 Å². The molecule has 3 atom stereocenters. The van der Waals surface area contributed by atoms with Crippen molar-refractivity contribution in [3.8, 4) is 0 Å². The zero-order chi connectivity index (χ0) is 25.6. The zero-order valence-electron chi connectivity index (χ0n) is 20.0. The summed E-state index contributed by atoms with van der Waals surface area (Å²) in [6.07, 6.45) is 0. The van der Waals surface area contributed by atoms with Crippen molar-refractivity contribution >= 4 is 28.6 Å². The molecule has 182 valence electrons. The predicted molar refractivity (Wildman–Crippen MR) is 131 cm³/mol. The number of benzene rings is 3. The lowest BCUT2D eigenvalue weighted by atomic mass is 9.64. The number of fused-ring (bicyclic) bond motifs is 3. The number of nitrogens with zero attached hydrogens (tertiary/aromatic N) is 1. The van der Waals surface area contributed by atoms with Gasteiger partial charge < -0.3 is 14.0 Å². The Labute approximate surface area is 207 Å². The quantitative estimate of drug-likeness (QED) is 0.310. The molecule has 1 aliphatic rings. The van der Waals surface area contributed by atoms with Gasteiger partial charge in [-0.05, 0) is 23.3 Å². The molecule has 0 spiro atoms. The lowest BCUT2D eigenvalue weighted by Gasteiger charge is -2.36. The second kappa shape index (κ2) is 8.75. The van der Waals surface area contributed by atoms with Crippen LogP contribution in [0, 0.1) is 5.82 Å². The Morgan fingerprint density at radius 3 is 2.11 bits per heavy atom. The summed E-state index contributed by atoms with van der Waals surface area (Å²) in [5.74, 6) is -5.08. The third-order valence-corrected chi connectivity index (χ3v) is 7.27. The van der Waals surface area contributed by atoms with Crippen molar-refractivity contribution in [1.29, 1.82) is 0 Å². The van der Waals surface area contributed by atoms with E-state index in [2.05, 4.69) is 0 Å². The number of carbonyl (C=O) groups is 3. The van der Waals surface area contributed by atoms with E-state index >= 15 is 4.39 Å². The van der Waals surface area contributed by atoms with Gasteiger partial charge >= 0.3 is 11.9 Å². The van der Waals surface area contributed by atoms with Crippen LogP contribution >= 0.6 is 0 Å². The Balaban J connectivity index is 2.03. The molecule has 4 aromatic rings. The lowest BCUT2D eigenvalue weighted by molar-refractivity contribution is -0.153. The van der Waals surface area contributed by atoms with Crippen LogP contribution < -0.4 is 0 Å². The number of ketones is 1. The van der Waals surface area contributed by atoms with E-state index in [9.17, 15) is 14.4 Å². The van der Waals surface area contributed by atoms with Gasteiger partial charge in [0.1, 0.15) is 11.2 Å².